The highest BCUT2D eigenvalue weighted by molar-refractivity contribution is 4.86. The number of hydrogen-bond donors (Lipinski definition) is 1. The summed E-state index contributed by atoms with van der Waals surface area (Å²) in [5, 5.41) is 3.64. The molecule has 1 aliphatic carbocycles. The van der Waals surface area contributed by atoms with Gasteiger partial charge in [0.2, 0.25) is 0 Å². The second kappa shape index (κ2) is 7.94. The molecule has 3 heteroatoms. The Kier molecular flexibility index (Phi) is 6.51. The summed E-state index contributed by atoms with van der Waals surface area (Å²) in [4.78, 5) is 5.47. The van der Waals surface area contributed by atoms with Crippen molar-refractivity contribution >= 4 is 0 Å². The second-order valence-corrected chi connectivity index (χ2v) is 7.95. The van der Waals surface area contributed by atoms with Gasteiger partial charge in [-0.2, -0.15) is 0 Å². The van der Waals surface area contributed by atoms with Gasteiger partial charge in [-0.05, 0) is 24.7 Å². The van der Waals surface area contributed by atoms with E-state index in [9.17, 15) is 0 Å². The van der Waals surface area contributed by atoms with E-state index in [-0.39, 0.29) is 0 Å². The van der Waals surface area contributed by atoms with Gasteiger partial charge in [0, 0.05) is 51.4 Å². The number of piperazine rings is 1. The summed E-state index contributed by atoms with van der Waals surface area (Å²) >= 11 is 0. The highest BCUT2D eigenvalue weighted by Crippen LogP contribution is 2.26. The fourth-order valence-corrected chi connectivity index (χ4v) is 3.84. The third kappa shape index (κ3) is 5.22. The average molecular weight is 296 g/mol. The Morgan fingerprint density at radius 1 is 1.10 bits per heavy atom. The lowest BCUT2D eigenvalue weighted by molar-refractivity contribution is 0.0664. The zero-order chi connectivity index (χ0) is 15.3. The van der Waals surface area contributed by atoms with E-state index in [2.05, 4.69) is 42.8 Å². The first-order valence-electron chi connectivity index (χ1n) is 9.22. The average Bonchev–Trinajstić information content (AvgIpc) is 3.00. The lowest BCUT2D eigenvalue weighted by atomic mass is 9.86. The third-order valence-electron chi connectivity index (χ3n) is 5.64. The molecular weight excluding hydrogens is 258 g/mol. The normalized spacial score (nSPS) is 25.6. The van der Waals surface area contributed by atoms with Crippen molar-refractivity contribution in [2.24, 2.45) is 5.41 Å². The zero-order valence-corrected chi connectivity index (χ0v) is 14.8. The number of nitrogens with zero attached hydrogens (tertiary/aromatic N) is 2. The summed E-state index contributed by atoms with van der Waals surface area (Å²) in [5.41, 5.74) is 0.416. The fraction of sp³-hybridized carbons (Fsp3) is 1.00. The molecule has 21 heavy (non-hydrogen) atoms. The summed E-state index contributed by atoms with van der Waals surface area (Å²) in [6.45, 7) is 16.8. The molecule has 2 rings (SSSR count). The van der Waals surface area contributed by atoms with Gasteiger partial charge in [0.15, 0.2) is 0 Å². The molecule has 2 fully saturated rings. The summed E-state index contributed by atoms with van der Waals surface area (Å²) in [6.07, 6.45) is 7.07. The van der Waals surface area contributed by atoms with Gasteiger partial charge in [-0.1, -0.05) is 40.5 Å². The van der Waals surface area contributed by atoms with Gasteiger partial charge in [0.25, 0.3) is 0 Å². The lowest BCUT2D eigenvalue weighted by Crippen LogP contribution is -2.53. The van der Waals surface area contributed by atoms with Crippen LogP contribution < -0.4 is 5.32 Å². The van der Waals surface area contributed by atoms with E-state index in [1.165, 1.54) is 64.8 Å². The highest BCUT2D eigenvalue weighted by atomic mass is 15.3. The van der Waals surface area contributed by atoms with Crippen molar-refractivity contribution in [3.05, 3.63) is 0 Å². The van der Waals surface area contributed by atoms with Crippen molar-refractivity contribution in [1.82, 2.24) is 15.1 Å². The Hall–Kier alpha value is -0.120. The minimum Gasteiger partial charge on any atom is -0.314 e. The summed E-state index contributed by atoms with van der Waals surface area (Å²) in [7, 11) is 0. The summed E-state index contributed by atoms with van der Waals surface area (Å²) < 4.78 is 0. The molecule has 0 aromatic heterocycles. The molecule has 1 saturated heterocycles. The maximum atomic E-state index is 3.64. The van der Waals surface area contributed by atoms with Crippen LogP contribution in [0.1, 0.15) is 59.8 Å². The topological polar surface area (TPSA) is 18.5 Å². The van der Waals surface area contributed by atoms with Crippen LogP contribution in [0.2, 0.25) is 0 Å². The maximum absolute atomic E-state index is 3.64. The van der Waals surface area contributed by atoms with Crippen molar-refractivity contribution in [2.75, 3.05) is 39.3 Å². The minimum atomic E-state index is 0.416. The van der Waals surface area contributed by atoms with E-state index in [0.29, 0.717) is 11.5 Å². The summed E-state index contributed by atoms with van der Waals surface area (Å²) in [6, 6.07) is 1.50. The SMILES string of the molecule is CCC(C)(CNC(C)C)CN1CCN(C2CCCC2)CC1. The molecule has 1 heterocycles. The molecule has 0 bridgehead atoms. The van der Waals surface area contributed by atoms with Crippen LogP contribution in [0.5, 0.6) is 0 Å². The van der Waals surface area contributed by atoms with E-state index in [1.807, 2.05) is 0 Å². The first-order chi connectivity index (χ1) is 10.0. The van der Waals surface area contributed by atoms with E-state index in [4.69, 9.17) is 0 Å². The van der Waals surface area contributed by atoms with Gasteiger partial charge >= 0.3 is 0 Å². The fourth-order valence-electron chi connectivity index (χ4n) is 3.84. The highest BCUT2D eigenvalue weighted by Gasteiger charge is 2.30. The Balaban J connectivity index is 1.75. The predicted octanol–water partition coefficient (Wildman–Crippen LogP) is 2.96. The Labute approximate surface area is 132 Å². The first kappa shape index (κ1) is 17.2. The maximum Gasteiger partial charge on any atom is 0.0113 e. The number of nitrogens with one attached hydrogen (secondary N) is 1. The van der Waals surface area contributed by atoms with Crippen LogP contribution in [-0.2, 0) is 0 Å². The standard InChI is InChI=1S/C18H37N3/c1-5-18(4,14-19-16(2)3)15-20-10-12-21(13-11-20)17-8-6-7-9-17/h16-17,19H,5-15H2,1-4H3. The van der Waals surface area contributed by atoms with Crippen LogP contribution in [0.25, 0.3) is 0 Å². The monoisotopic (exact) mass is 295 g/mol. The number of hydrogen-bond acceptors (Lipinski definition) is 3. The van der Waals surface area contributed by atoms with Gasteiger partial charge in [-0.25, -0.2) is 0 Å². The molecule has 0 aromatic rings. The molecule has 0 spiro atoms. The lowest BCUT2D eigenvalue weighted by Gasteiger charge is -2.42. The van der Waals surface area contributed by atoms with Crippen LogP contribution in [-0.4, -0.2) is 61.2 Å². The van der Waals surface area contributed by atoms with Crippen LogP contribution in [0.3, 0.4) is 0 Å². The first-order valence-corrected chi connectivity index (χ1v) is 9.22. The molecule has 3 nitrogen and oxygen atoms in total. The second-order valence-electron chi connectivity index (χ2n) is 7.95. The molecule has 124 valence electrons. The Morgan fingerprint density at radius 3 is 2.24 bits per heavy atom. The van der Waals surface area contributed by atoms with Gasteiger partial charge in [0.1, 0.15) is 0 Å². The molecule has 0 aromatic carbocycles. The van der Waals surface area contributed by atoms with Crippen molar-refractivity contribution in [1.29, 1.82) is 0 Å². The van der Waals surface area contributed by atoms with Crippen LogP contribution in [0, 0.1) is 5.41 Å². The van der Waals surface area contributed by atoms with E-state index >= 15 is 0 Å². The van der Waals surface area contributed by atoms with Crippen molar-refractivity contribution in [2.45, 2.75) is 71.9 Å². The van der Waals surface area contributed by atoms with E-state index < -0.39 is 0 Å². The third-order valence-corrected chi connectivity index (χ3v) is 5.64. The zero-order valence-electron chi connectivity index (χ0n) is 14.8. The minimum absolute atomic E-state index is 0.416. The van der Waals surface area contributed by atoms with Crippen molar-refractivity contribution in [3.8, 4) is 0 Å². The van der Waals surface area contributed by atoms with E-state index in [0.717, 1.165) is 12.6 Å². The molecule has 1 saturated carbocycles. The van der Waals surface area contributed by atoms with Crippen LogP contribution in [0.15, 0.2) is 0 Å². The van der Waals surface area contributed by atoms with Gasteiger partial charge in [0.05, 0.1) is 0 Å². The Bertz CT molecular complexity index is 291. The van der Waals surface area contributed by atoms with Gasteiger partial charge < -0.3 is 10.2 Å². The summed E-state index contributed by atoms with van der Waals surface area (Å²) in [5.74, 6) is 0. The molecule has 1 N–H and O–H groups in total. The van der Waals surface area contributed by atoms with Crippen molar-refractivity contribution < 1.29 is 0 Å². The molecule has 1 aliphatic heterocycles. The predicted molar refractivity (Wildman–Crippen MR) is 91.8 cm³/mol. The van der Waals surface area contributed by atoms with E-state index in [1.54, 1.807) is 0 Å². The molecule has 1 atom stereocenters. The van der Waals surface area contributed by atoms with Gasteiger partial charge in [-0.3, -0.25) is 4.90 Å². The quantitative estimate of drug-likeness (QED) is 0.779. The van der Waals surface area contributed by atoms with Gasteiger partial charge in [-0.15, -0.1) is 0 Å². The molecular formula is C18H37N3. The number of rotatable bonds is 7. The Morgan fingerprint density at radius 2 is 1.71 bits per heavy atom. The molecule has 0 amide bonds. The largest absolute Gasteiger partial charge is 0.314 e. The molecule has 2 aliphatic rings. The van der Waals surface area contributed by atoms with Crippen LogP contribution in [0.4, 0.5) is 0 Å². The smallest absolute Gasteiger partial charge is 0.0113 e. The molecule has 1 unspecified atom stereocenters. The van der Waals surface area contributed by atoms with Crippen molar-refractivity contribution in [3.63, 3.8) is 0 Å². The van der Waals surface area contributed by atoms with Crippen LogP contribution >= 0.6 is 0 Å². The molecule has 0 radical (unpaired) electrons.